The number of benzene rings is 2. The summed E-state index contributed by atoms with van der Waals surface area (Å²) in [6, 6.07) is 13.6. The van der Waals surface area contributed by atoms with Gasteiger partial charge in [0, 0.05) is 18.8 Å². The topological polar surface area (TPSA) is 87.7 Å². The van der Waals surface area contributed by atoms with Gasteiger partial charge in [0.1, 0.15) is 5.75 Å². The smallest absolute Gasteiger partial charge is 0.243 e. The second kappa shape index (κ2) is 10.1. The van der Waals surface area contributed by atoms with E-state index in [9.17, 15) is 13.2 Å². The molecule has 0 bridgehead atoms. The van der Waals surface area contributed by atoms with E-state index in [1.807, 2.05) is 31.2 Å². The van der Waals surface area contributed by atoms with Crippen LogP contribution >= 0.6 is 0 Å². The number of sulfonamides is 1. The molecule has 0 aliphatic carbocycles. The molecule has 1 amide bonds. The SMILES string of the molecule is CCOc1ccccc1NCC(=O)Nc1cccc(S(=O)(=O)N(CC)CC)c1. The molecule has 8 heteroatoms. The number of hydrogen-bond acceptors (Lipinski definition) is 5. The summed E-state index contributed by atoms with van der Waals surface area (Å²) in [5.74, 6) is 0.383. The number of ether oxygens (including phenoxy) is 1. The molecule has 2 aromatic rings. The Bertz CT molecular complexity index is 896. The van der Waals surface area contributed by atoms with Crippen molar-refractivity contribution in [3.8, 4) is 5.75 Å². The lowest BCUT2D eigenvalue weighted by Gasteiger charge is -2.19. The minimum Gasteiger partial charge on any atom is -0.492 e. The van der Waals surface area contributed by atoms with Crippen molar-refractivity contribution in [1.82, 2.24) is 4.31 Å². The summed E-state index contributed by atoms with van der Waals surface area (Å²) in [4.78, 5) is 12.4. The maximum atomic E-state index is 12.6. The number of nitrogens with zero attached hydrogens (tertiary/aromatic N) is 1. The zero-order valence-corrected chi connectivity index (χ0v) is 17.3. The molecule has 152 valence electrons. The van der Waals surface area contributed by atoms with Gasteiger partial charge in [-0.25, -0.2) is 8.42 Å². The molecular formula is C20H27N3O4S. The molecule has 0 atom stereocenters. The summed E-state index contributed by atoms with van der Waals surface area (Å²) in [6.07, 6.45) is 0. The molecular weight excluding hydrogens is 378 g/mol. The molecule has 0 aliphatic heterocycles. The van der Waals surface area contributed by atoms with E-state index in [4.69, 9.17) is 4.74 Å². The Morgan fingerprint density at radius 3 is 2.43 bits per heavy atom. The fraction of sp³-hybridized carbons (Fsp3) is 0.350. The number of hydrogen-bond donors (Lipinski definition) is 2. The summed E-state index contributed by atoms with van der Waals surface area (Å²) < 4.78 is 32.2. The Hall–Kier alpha value is -2.58. The van der Waals surface area contributed by atoms with E-state index in [1.165, 1.54) is 16.4 Å². The molecule has 0 saturated carbocycles. The Morgan fingerprint density at radius 1 is 1.04 bits per heavy atom. The Morgan fingerprint density at radius 2 is 1.75 bits per heavy atom. The first kappa shape index (κ1) is 21.7. The normalized spacial score (nSPS) is 11.3. The lowest BCUT2D eigenvalue weighted by Crippen LogP contribution is -2.30. The molecule has 0 saturated heterocycles. The van der Waals surface area contributed by atoms with Gasteiger partial charge in [-0.1, -0.05) is 32.0 Å². The Labute approximate surface area is 166 Å². The number of carbonyl (C=O) groups excluding carboxylic acids is 1. The van der Waals surface area contributed by atoms with Crippen LogP contribution in [0.3, 0.4) is 0 Å². The van der Waals surface area contributed by atoms with Crippen LogP contribution in [0.15, 0.2) is 53.4 Å². The Balaban J connectivity index is 2.05. The third-order valence-electron chi connectivity index (χ3n) is 4.09. The highest BCUT2D eigenvalue weighted by Gasteiger charge is 2.21. The van der Waals surface area contributed by atoms with Gasteiger partial charge in [-0.2, -0.15) is 4.31 Å². The largest absolute Gasteiger partial charge is 0.492 e. The summed E-state index contributed by atoms with van der Waals surface area (Å²) >= 11 is 0. The van der Waals surface area contributed by atoms with Gasteiger partial charge >= 0.3 is 0 Å². The van der Waals surface area contributed by atoms with Crippen molar-refractivity contribution < 1.29 is 17.9 Å². The zero-order valence-electron chi connectivity index (χ0n) is 16.4. The zero-order chi connectivity index (χ0) is 20.6. The van der Waals surface area contributed by atoms with Crippen molar-refractivity contribution in [2.45, 2.75) is 25.7 Å². The molecule has 0 aromatic heterocycles. The highest BCUT2D eigenvalue weighted by atomic mass is 32.2. The van der Waals surface area contributed by atoms with Crippen molar-refractivity contribution in [2.24, 2.45) is 0 Å². The fourth-order valence-corrected chi connectivity index (χ4v) is 4.23. The molecule has 0 spiro atoms. The van der Waals surface area contributed by atoms with Gasteiger partial charge in [0.2, 0.25) is 15.9 Å². The molecule has 2 aromatic carbocycles. The number of anilines is 2. The first-order valence-corrected chi connectivity index (χ1v) is 10.7. The number of nitrogens with one attached hydrogen (secondary N) is 2. The summed E-state index contributed by atoms with van der Waals surface area (Å²) in [6.45, 7) is 6.80. The molecule has 0 fully saturated rings. The molecule has 0 radical (unpaired) electrons. The van der Waals surface area contributed by atoms with E-state index >= 15 is 0 Å². The molecule has 28 heavy (non-hydrogen) atoms. The van der Waals surface area contributed by atoms with Gasteiger partial charge in [0.25, 0.3) is 0 Å². The third-order valence-corrected chi connectivity index (χ3v) is 6.13. The van der Waals surface area contributed by atoms with Crippen molar-refractivity contribution in [1.29, 1.82) is 0 Å². The van der Waals surface area contributed by atoms with Gasteiger partial charge in [-0.15, -0.1) is 0 Å². The molecule has 7 nitrogen and oxygen atoms in total. The number of para-hydroxylation sites is 2. The van der Waals surface area contributed by atoms with E-state index in [2.05, 4.69) is 10.6 Å². The van der Waals surface area contributed by atoms with E-state index in [0.717, 1.165) is 5.69 Å². The first-order valence-electron chi connectivity index (χ1n) is 9.28. The van der Waals surface area contributed by atoms with Gasteiger partial charge < -0.3 is 15.4 Å². The molecule has 0 aliphatic rings. The summed E-state index contributed by atoms with van der Waals surface area (Å²) in [5.41, 5.74) is 1.15. The van der Waals surface area contributed by atoms with Crippen LogP contribution in [0, 0.1) is 0 Å². The van der Waals surface area contributed by atoms with Crippen LogP contribution in [0.2, 0.25) is 0 Å². The molecule has 2 N–H and O–H groups in total. The van der Waals surface area contributed by atoms with E-state index < -0.39 is 10.0 Å². The molecule has 0 heterocycles. The quantitative estimate of drug-likeness (QED) is 0.634. The third kappa shape index (κ3) is 5.46. The van der Waals surface area contributed by atoms with Gasteiger partial charge in [-0.3, -0.25) is 4.79 Å². The second-order valence-corrected chi connectivity index (χ2v) is 7.89. The average molecular weight is 406 g/mol. The molecule has 2 rings (SSSR count). The maximum absolute atomic E-state index is 12.6. The monoisotopic (exact) mass is 405 g/mol. The van der Waals surface area contributed by atoms with Crippen LogP contribution in [0.5, 0.6) is 5.75 Å². The van der Waals surface area contributed by atoms with E-state index in [0.29, 0.717) is 31.1 Å². The van der Waals surface area contributed by atoms with E-state index in [-0.39, 0.29) is 17.3 Å². The van der Waals surface area contributed by atoms with Crippen molar-refractivity contribution >= 4 is 27.3 Å². The lowest BCUT2D eigenvalue weighted by molar-refractivity contribution is -0.114. The van der Waals surface area contributed by atoms with Gasteiger partial charge in [0.05, 0.1) is 23.7 Å². The Kier molecular flexibility index (Phi) is 7.83. The average Bonchev–Trinajstić information content (AvgIpc) is 2.68. The standard InChI is InChI=1S/C20H27N3O4S/c1-4-23(5-2)28(25,26)17-11-9-10-16(14-17)22-20(24)15-21-18-12-7-8-13-19(18)27-6-3/h7-14,21H,4-6,15H2,1-3H3,(H,22,24). The van der Waals surface area contributed by atoms with Crippen LogP contribution in [-0.4, -0.2) is 44.9 Å². The first-order chi connectivity index (χ1) is 13.4. The minimum atomic E-state index is -3.58. The van der Waals surface area contributed by atoms with Crippen LogP contribution in [0.1, 0.15) is 20.8 Å². The minimum absolute atomic E-state index is 0.0249. The second-order valence-electron chi connectivity index (χ2n) is 5.95. The highest BCUT2D eigenvalue weighted by Crippen LogP contribution is 2.23. The number of carbonyl (C=O) groups is 1. The van der Waals surface area contributed by atoms with Crippen LogP contribution < -0.4 is 15.4 Å². The van der Waals surface area contributed by atoms with Gasteiger partial charge in [-0.05, 0) is 37.3 Å². The van der Waals surface area contributed by atoms with Crippen LogP contribution in [-0.2, 0) is 14.8 Å². The summed E-state index contributed by atoms with van der Waals surface area (Å²) in [7, 11) is -3.58. The summed E-state index contributed by atoms with van der Waals surface area (Å²) in [5, 5.41) is 5.76. The van der Waals surface area contributed by atoms with Gasteiger partial charge in [0.15, 0.2) is 0 Å². The van der Waals surface area contributed by atoms with Crippen molar-refractivity contribution in [3.05, 3.63) is 48.5 Å². The maximum Gasteiger partial charge on any atom is 0.243 e. The predicted molar refractivity (Wildman–Crippen MR) is 111 cm³/mol. The fourth-order valence-electron chi connectivity index (χ4n) is 2.72. The van der Waals surface area contributed by atoms with E-state index in [1.54, 1.807) is 26.0 Å². The van der Waals surface area contributed by atoms with Crippen LogP contribution in [0.4, 0.5) is 11.4 Å². The van der Waals surface area contributed by atoms with Crippen molar-refractivity contribution in [2.75, 3.05) is 36.9 Å². The highest BCUT2D eigenvalue weighted by molar-refractivity contribution is 7.89. The predicted octanol–water partition coefficient (Wildman–Crippen LogP) is 3.17. The number of rotatable bonds is 10. The lowest BCUT2D eigenvalue weighted by atomic mass is 10.3. The van der Waals surface area contributed by atoms with Crippen LogP contribution in [0.25, 0.3) is 0 Å². The number of amides is 1. The molecule has 0 unspecified atom stereocenters. The van der Waals surface area contributed by atoms with Crippen molar-refractivity contribution in [3.63, 3.8) is 0 Å².